The number of carbonyl (C=O) groups is 1. The highest BCUT2D eigenvalue weighted by molar-refractivity contribution is 14.1. The first-order valence-electron chi connectivity index (χ1n) is 9.73. The Morgan fingerprint density at radius 3 is 2.46 bits per heavy atom. The zero-order chi connectivity index (χ0) is 19.5. The third-order valence-electron chi connectivity index (χ3n) is 5.70. The Morgan fingerprint density at radius 1 is 1.14 bits per heavy atom. The van der Waals surface area contributed by atoms with Gasteiger partial charge in [0.05, 0.1) is 4.05 Å². The lowest BCUT2D eigenvalue weighted by Crippen LogP contribution is -2.56. The maximum absolute atomic E-state index is 13.2. The molecule has 1 N–H and O–H groups in total. The molecule has 0 aliphatic carbocycles. The summed E-state index contributed by atoms with van der Waals surface area (Å²) < 4.78 is 19.4. The minimum Gasteiger partial charge on any atom is -0.458 e. The van der Waals surface area contributed by atoms with Crippen LogP contribution >= 0.6 is 22.6 Å². The van der Waals surface area contributed by atoms with Crippen molar-refractivity contribution in [3.63, 3.8) is 0 Å². The van der Waals surface area contributed by atoms with Crippen LogP contribution < -0.4 is 5.32 Å². The minimum atomic E-state index is -0.551. The van der Waals surface area contributed by atoms with Crippen LogP contribution in [0.3, 0.4) is 0 Å². The largest absolute Gasteiger partial charge is 0.458 e. The Labute approximate surface area is 178 Å². The van der Waals surface area contributed by atoms with Gasteiger partial charge in [0.15, 0.2) is 0 Å². The molecule has 3 saturated heterocycles. The number of alkyl halides is 1. The average molecular weight is 494 g/mol. The van der Waals surface area contributed by atoms with Crippen molar-refractivity contribution in [3.05, 3.63) is 71.5 Å². The quantitative estimate of drug-likeness (QED) is 0.285. The van der Waals surface area contributed by atoms with Gasteiger partial charge >= 0.3 is 5.97 Å². The molecule has 5 rings (SSSR count). The van der Waals surface area contributed by atoms with Crippen molar-refractivity contribution in [1.29, 1.82) is 0 Å². The van der Waals surface area contributed by atoms with Gasteiger partial charge in [-0.05, 0) is 49.2 Å². The summed E-state index contributed by atoms with van der Waals surface area (Å²) in [5.41, 5.74) is 1.80. The SMILES string of the molecule is O=C(OC1C2CCN(CC2)C1I)C(NCc1ccc(F)cc1)c1ccccc1. The standard InChI is InChI=1S/C22H24FIN2O2/c23-18-8-6-15(7-9-18)14-25-19(16-4-2-1-3-5-16)22(27)28-20-17-10-12-26(13-11-17)21(20)24/h1-9,17,19-21,25H,10-14H2. The van der Waals surface area contributed by atoms with Crippen molar-refractivity contribution in [2.45, 2.75) is 35.6 Å². The van der Waals surface area contributed by atoms with Crippen LogP contribution in [0, 0.1) is 11.7 Å². The van der Waals surface area contributed by atoms with Crippen LogP contribution in [0.4, 0.5) is 4.39 Å². The summed E-state index contributed by atoms with van der Waals surface area (Å²) in [6, 6.07) is 15.4. The van der Waals surface area contributed by atoms with Crippen LogP contribution in [-0.2, 0) is 16.1 Å². The Bertz CT molecular complexity index is 792. The van der Waals surface area contributed by atoms with Crippen LogP contribution in [0.5, 0.6) is 0 Å². The van der Waals surface area contributed by atoms with Crippen molar-refractivity contribution in [1.82, 2.24) is 10.2 Å². The number of hydrogen-bond acceptors (Lipinski definition) is 4. The molecule has 2 aromatic carbocycles. The molecule has 3 heterocycles. The highest BCUT2D eigenvalue weighted by atomic mass is 127. The molecule has 0 amide bonds. The number of esters is 1. The van der Waals surface area contributed by atoms with Crippen molar-refractivity contribution < 1.29 is 13.9 Å². The summed E-state index contributed by atoms with van der Waals surface area (Å²) in [7, 11) is 0. The van der Waals surface area contributed by atoms with E-state index in [2.05, 4.69) is 32.8 Å². The van der Waals surface area contributed by atoms with E-state index in [0.717, 1.165) is 37.1 Å². The molecule has 2 bridgehead atoms. The Kier molecular flexibility index (Phi) is 6.28. The van der Waals surface area contributed by atoms with E-state index >= 15 is 0 Å². The van der Waals surface area contributed by atoms with Crippen LogP contribution in [0.15, 0.2) is 54.6 Å². The first kappa shape index (κ1) is 19.8. The van der Waals surface area contributed by atoms with Crippen molar-refractivity contribution >= 4 is 28.6 Å². The molecule has 0 spiro atoms. The maximum atomic E-state index is 13.2. The first-order chi connectivity index (χ1) is 13.6. The predicted octanol–water partition coefficient (Wildman–Crippen LogP) is 4.06. The summed E-state index contributed by atoms with van der Waals surface area (Å²) in [5.74, 6) is -0.0590. The van der Waals surface area contributed by atoms with Gasteiger partial charge < -0.3 is 4.74 Å². The summed E-state index contributed by atoms with van der Waals surface area (Å²) in [4.78, 5) is 15.5. The lowest BCUT2D eigenvalue weighted by Gasteiger charge is -2.48. The fourth-order valence-electron chi connectivity index (χ4n) is 4.09. The van der Waals surface area contributed by atoms with E-state index in [9.17, 15) is 9.18 Å². The summed E-state index contributed by atoms with van der Waals surface area (Å²) in [6.07, 6.45) is 2.13. The van der Waals surface area contributed by atoms with Crippen molar-refractivity contribution in [2.75, 3.05) is 13.1 Å². The highest BCUT2D eigenvalue weighted by Crippen LogP contribution is 2.37. The monoisotopic (exact) mass is 494 g/mol. The van der Waals surface area contributed by atoms with Gasteiger partial charge in [-0.2, -0.15) is 0 Å². The van der Waals surface area contributed by atoms with Gasteiger partial charge in [-0.1, -0.05) is 65.1 Å². The first-order valence-corrected chi connectivity index (χ1v) is 11.0. The maximum Gasteiger partial charge on any atom is 0.328 e. The molecular weight excluding hydrogens is 470 g/mol. The molecule has 2 aromatic rings. The molecule has 3 aliphatic heterocycles. The van der Waals surface area contributed by atoms with E-state index in [1.165, 1.54) is 12.1 Å². The second-order valence-corrected chi connectivity index (χ2v) is 8.77. The predicted molar refractivity (Wildman–Crippen MR) is 114 cm³/mol. The summed E-state index contributed by atoms with van der Waals surface area (Å²) in [5, 5.41) is 3.31. The summed E-state index contributed by atoms with van der Waals surface area (Å²) in [6.45, 7) is 2.65. The van der Waals surface area contributed by atoms with Crippen molar-refractivity contribution in [3.8, 4) is 0 Å². The van der Waals surface area contributed by atoms with Gasteiger partial charge in [0.1, 0.15) is 18.0 Å². The lowest BCUT2D eigenvalue weighted by atomic mass is 9.86. The normalized spacial score (nSPS) is 27.4. The van der Waals surface area contributed by atoms with Gasteiger partial charge in [-0.15, -0.1) is 0 Å². The molecule has 3 aliphatic rings. The number of hydrogen-bond donors (Lipinski definition) is 1. The molecule has 148 valence electrons. The number of piperidine rings is 3. The molecule has 28 heavy (non-hydrogen) atoms. The van der Waals surface area contributed by atoms with Crippen LogP contribution in [0.2, 0.25) is 0 Å². The minimum absolute atomic E-state index is 0.0607. The molecular formula is C22H24FIN2O2. The smallest absolute Gasteiger partial charge is 0.328 e. The molecule has 3 fully saturated rings. The van der Waals surface area contributed by atoms with Crippen LogP contribution in [0.25, 0.3) is 0 Å². The molecule has 3 atom stereocenters. The zero-order valence-electron chi connectivity index (χ0n) is 15.6. The number of nitrogens with zero attached hydrogens (tertiary/aromatic N) is 1. The van der Waals surface area contributed by atoms with E-state index in [0.29, 0.717) is 12.5 Å². The van der Waals surface area contributed by atoms with Gasteiger partial charge in [-0.3, -0.25) is 10.2 Å². The lowest BCUT2D eigenvalue weighted by molar-refractivity contribution is -0.162. The number of nitrogens with one attached hydrogen (secondary N) is 1. The van der Waals surface area contributed by atoms with Gasteiger partial charge in [0, 0.05) is 12.5 Å². The molecule has 0 aromatic heterocycles. The zero-order valence-corrected chi connectivity index (χ0v) is 17.7. The molecule has 3 unspecified atom stereocenters. The van der Waals surface area contributed by atoms with Gasteiger partial charge in [0.25, 0.3) is 0 Å². The molecule has 0 radical (unpaired) electrons. The van der Waals surface area contributed by atoms with E-state index in [1.54, 1.807) is 12.1 Å². The highest BCUT2D eigenvalue weighted by Gasteiger charge is 2.44. The Morgan fingerprint density at radius 2 is 1.82 bits per heavy atom. The third kappa shape index (κ3) is 4.39. The number of halogens is 2. The summed E-state index contributed by atoms with van der Waals surface area (Å²) >= 11 is 2.41. The third-order valence-corrected chi connectivity index (χ3v) is 7.20. The fraction of sp³-hybridized carbons (Fsp3) is 0.409. The fourth-order valence-corrected chi connectivity index (χ4v) is 5.38. The molecule has 0 saturated carbocycles. The molecule has 4 nitrogen and oxygen atoms in total. The van der Waals surface area contributed by atoms with Gasteiger partial charge in [-0.25, -0.2) is 9.18 Å². The number of carbonyl (C=O) groups excluding carboxylic acids is 1. The Hall–Kier alpha value is -1.51. The topological polar surface area (TPSA) is 41.6 Å². The number of ether oxygens (including phenoxy) is 1. The Balaban J connectivity index is 1.48. The molecule has 6 heteroatoms. The van der Waals surface area contributed by atoms with E-state index in [1.807, 2.05) is 30.3 Å². The number of rotatable bonds is 6. The number of fused-ring (bicyclic) bond motifs is 3. The second kappa shape index (κ2) is 8.88. The second-order valence-electron chi connectivity index (χ2n) is 7.50. The number of benzene rings is 2. The van der Waals surface area contributed by atoms with E-state index in [4.69, 9.17) is 4.74 Å². The van der Waals surface area contributed by atoms with E-state index in [-0.39, 0.29) is 21.9 Å². The van der Waals surface area contributed by atoms with Crippen LogP contribution in [-0.4, -0.2) is 34.1 Å². The van der Waals surface area contributed by atoms with Crippen LogP contribution in [0.1, 0.15) is 30.0 Å². The van der Waals surface area contributed by atoms with Gasteiger partial charge in [0.2, 0.25) is 0 Å². The van der Waals surface area contributed by atoms with E-state index < -0.39 is 6.04 Å². The van der Waals surface area contributed by atoms with Crippen molar-refractivity contribution in [2.24, 2.45) is 5.92 Å². The average Bonchev–Trinajstić information content (AvgIpc) is 2.73.